The number of hydrogen-bond donors (Lipinski definition) is 2. The second-order valence-corrected chi connectivity index (χ2v) is 5.32. The predicted molar refractivity (Wildman–Crippen MR) is 87.1 cm³/mol. The molecule has 1 aromatic carbocycles. The van der Waals surface area contributed by atoms with Crippen LogP contribution in [0.3, 0.4) is 0 Å². The Kier molecular flexibility index (Phi) is 4.84. The highest BCUT2D eigenvalue weighted by Crippen LogP contribution is 2.13. The third-order valence-corrected chi connectivity index (χ3v) is 3.30. The van der Waals surface area contributed by atoms with E-state index in [2.05, 4.69) is 26.0 Å². The van der Waals surface area contributed by atoms with Gasteiger partial charge in [0.05, 0.1) is 12.8 Å². The molecule has 0 aliphatic heterocycles. The van der Waals surface area contributed by atoms with E-state index in [9.17, 15) is 9.59 Å². The van der Waals surface area contributed by atoms with Gasteiger partial charge in [0, 0.05) is 5.56 Å². The summed E-state index contributed by atoms with van der Waals surface area (Å²) in [6, 6.07) is 10.4. The molecule has 0 saturated heterocycles. The van der Waals surface area contributed by atoms with Crippen LogP contribution in [0.1, 0.15) is 11.3 Å². The summed E-state index contributed by atoms with van der Waals surface area (Å²) in [6.07, 6.45) is 1.50. The van der Waals surface area contributed by atoms with Gasteiger partial charge in [-0.2, -0.15) is 4.80 Å². The minimum absolute atomic E-state index is 0.186. The van der Waals surface area contributed by atoms with E-state index < -0.39 is 11.9 Å². The molecule has 0 aliphatic carbocycles. The maximum absolute atomic E-state index is 11.9. The van der Waals surface area contributed by atoms with Crippen molar-refractivity contribution in [3.05, 3.63) is 54.0 Å². The number of aromatic nitrogens is 4. The van der Waals surface area contributed by atoms with Crippen molar-refractivity contribution in [2.24, 2.45) is 0 Å². The quantitative estimate of drug-likeness (QED) is 0.723. The molecule has 0 fully saturated rings. The van der Waals surface area contributed by atoms with Crippen molar-refractivity contribution in [1.29, 1.82) is 0 Å². The van der Waals surface area contributed by atoms with Crippen LogP contribution in [0.15, 0.2) is 47.1 Å². The number of nitrogens with one attached hydrogen (secondary N) is 2. The van der Waals surface area contributed by atoms with Crippen molar-refractivity contribution in [2.75, 3.05) is 0 Å². The molecule has 3 aromatic rings. The molecule has 0 bridgehead atoms. The molecule has 0 radical (unpaired) electrons. The first-order valence-electron chi connectivity index (χ1n) is 7.55. The summed E-state index contributed by atoms with van der Waals surface area (Å²) < 4.78 is 5.08. The number of carbonyl (C=O) groups excluding carboxylic acids is 2. The normalized spacial score (nSPS) is 10.4. The second kappa shape index (κ2) is 7.39. The highest BCUT2D eigenvalue weighted by molar-refractivity contribution is 5.94. The van der Waals surface area contributed by atoms with Gasteiger partial charge in [-0.25, -0.2) is 4.79 Å². The number of carbonyl (C=O) groups is 2. The Labute approximate surface area is 143 Å². The summed E-state index contributed by atoms with van der Waals surface area (Å²) in [4.78, 5) is 24.6. The zero-order valence-electron chi connectivity index (χ0n) is 13.5. The smallest absolute Gasteiger partial charge is 0.321 e. The third-order valence-electron chi connectivity index (χ3n) is 3.30. The maximum atomic E-state index is 11.9. The Morgan fingerprint density at radius 2 is 2.00 bits per heavy atom. The summed E-state index contributed by atoms with van der Waals surface area (Å²) in [5.41, 5.74) is 1.92. The lowest BCUT2D eigenvalue weighted by Gasteiger charge is -2.04. The van der Waals surface area contributed by atoms with Crippen molar-refractivity contribution >= 4 is 11.9 Å². The lowest BCUT2D eigenvalue weighted by molar-refractivity contribution is -0.121. The number of rotatable bonds is 5. The molecule has 0 aliphatic rings. The van der Waals surface area contributed by atoms with E-state index in [1.165, 1.54) is 6.26 Å². The fourth-order valence-corrected chi connectivity index (χ4v) is 2.05. The molecular weight excluding hydrogens is 324 g/mol. The van der Waals surface area contributed by atoms with E-state index in [1.54, 1.807) is 12.1 Å². The Hall–Kier alpha value is -3.49. The van der Waals surface area contributed by atoms with E-state index >= 15 is 0 Å². The van der Waals surface area contributed by atoms with Gasteiger partial charge in [0.25, 0.3) is 5.91 Å². The summed E-state index contributed by atoms with van der Waals surface area (Å²) >= 11 is 0. The van der Waals surface area contributed by atoms with Gasteiger partial charge < -0.3 is 9.73 Å². The number of imide groups is 1. The van der Waals surface area contributed by atoms with E-state index in [0.29, 0.717) is 11.6 Å². The minimum atomic E-state index is -0.625. The van der Waals surface area contributed by atoms with Crippen LogP contribution in [0.25, 0.3) is 11.4 Å². The van der Waals surface area contributed by atoms with E-state index in [1.807, 2.05) is 31.2 Å². The van der Waals surface area contributed by atoms with Gasteiger partial charge in [-0.15, -0.1) is 10.2 Å². The van der Waals surface area contributed by atoms with Gasteiger partial charge in [0.15, 0.2) is 0 Å². The SMILES string of the molecule is Cc1ccc(-c2nnn(CC(=O)NC(=O)NCc3ccco3)n2)cc1. The third kappa shape index (κ3) is 4.50. The molecule has 0 unspecified atom stereocenters. The zero-order chi connectivity index (χ0) is 17.6. The summed E-state index contributed by atoms with van der Waals surface area (Å²) in [7, 11) is 0. The topological polar surface area (TPSA) is 115 Å². The maximum Gasteiger partial charge on any atom is 0.321 e. The van der Waals surface area contributed by atoms with Crippen molar-refractivity contribution in [2.45, 2.75) is 20.0 Å². The average Bonchev–Trinajstić information content (AvgIpc) is 3.25. The molecular formula is C16H16N6O3. The Morgan fingerprint density at radius 1 is 1.20 bits per heavy atom. The van der Waals surface area contributed by atoms with Crippen LogP contribution in [0, 0.1) is 6.92 Å². The van der Waals surface area contributed by atoms with Gasteiger partial charge in [-0.05, 0) is 24.3 Å². The van der Waals surface area contributed by atoms with Gasteiger partial charge in [0.2, 0.25) is 5.82 Å². The average molecular weight is 340 g/mol. The molecule has 3 amide bonds. The van der Waals surface area contributed by atoms with E-state index in [0.717, 1.165) is 15.9 Å². The van der Waals surface area contributed by atoms with Crippen LogP contribution in [0.5, 0.6) is 0 Å². The second-order valence-electron chi connectivity index (χ2n) is 5.32. The molecule has 128 valence electrons. The first kappa shape index (κ1) is 16.4. The Morgan fingerprint density at radius 3 is 2.72 bits per heavy atom. The van der Waals surface area contributed by atoms with E-state index in [-0.39, 0.29) is 13.1 Å². The molecule has 2 heterocycles. The summed E-state index contributed by atoms with van der Waals surface area (Å²) in [5, 5.41) is 16.6. The first-order chi connectivity index (χ1) is 12.1. The number of nitrogens with zero attached hydrogens (tertiary/aromatic N) is 4. The number of amides is 3. The summed E-state index contributed by atoms with van der Waals surface area (Å²) in [6.45, 7) is 1.95. The standard InChI is InChI=1S/C16H16N6O3/c1-11-4-6-12(7-5-11)15-19-21-22(20-15)10-14(23)18-16(24)17-9-13-3-2-8-25-13/h2-8H,9-10H2,1H3,(H2,17,18,23,24). The van der Waals surface area contributed by atoms with Crippen LogP contribution in [-0.2, 0) is 17.9 Å². The number of benzene rings is 1. The van der Waals surface area contributed by atoms with Gasteiger partial charge in [-0.3, -0.25) is 10.1 Å². The van der Waals surface area contributed by atoms with Crippen molar-refractivity contribution < 1.29 is 14.0 Å². The lowest BCUT2D eigenvalue weighted by atomic mass is 10.1. The minimum Gasteiger partial charge on any atom is -0.467 e. The molecule has 3 rings (SSSR count). The molecule has 2 N–H and O–H groups in total. The zero-order valence-corrected chi connectivity index (χ0v) is 13.5. The van der Waals surface area contributed by atoms with Crippen LogP contribution >= 0.6 is 0 Å². The highest BCUT2D eigenvalue weighted by Gasteiger charge is 2.12. The van der Waals surface area contributed by atoms with Crippen molar-refractivity contribution in [3.63, 3.8) is 0 Å². The summed E-state index contributed by atoms with van der Waals surface area (Å²) in [5.74, 6) is 0.447. The van der Waals surface area contributed by atoms with Gasteiger partial charge in [0.1, 0.15) is 12.3 Å². The van der Waals surface area contributed by atoms with Crippen LogP contribution < -0.4 is 10.6 Å². The Bertz CT molecular complexity index is 854. The fourth-order valence-electron chi connectivity index (χ4n) is 2.05. The molecule has 2 aromatic heterocycles. The first-order valence-corrected chi connectivity index (χ1v) is 7.55. The molecule has 9 heteroatoms. The number of aryl methyl sites for hydroxylation is 1. The Balaban J connectivity index is 1.51. The number of hydrogen-bond acceptors (Lipinski definition) is 6. The molecule has 9 nitrogen and oxygen atoms in total. The van der Waals surface area contributed by atoms with Crippen molar-refractivity contribution in [3.8, 4) is 11.4 Å². The van der Waals surface area contributed by atoms with Crippen LogP contribution in [0.2, 0.25) is 0 Å². The molecule has 25 heavy (non-hydrogen) atoms. The largest absolute Gasteiger partial charge is 0.467 e. The van der Waals surface area contributed by atoms with Crippen LogP contribution in [-0.4, -0.2) is 32.1 Å². The number of tetrazole rings is 1. The van der Waals surface area contributed by atoms with E-state index in [4.69, 9.17) is 4.42 Å². The highest BCUT2D eigenvalue weighted by atomic mass is 16.3. The number of urea groups is 1. The molecule has 0 atom stereocenters. The molecule has 0 saturated carbocycles. The van der Waals surface area contributed by atoms with Gasteiger partial charge >= 0.3 is 6.03 Å². The van der Waals surface area contributed by atoms with Crippen LogP contribution in [0.4, 0.5) is 4.79 Å². The van der Waals surface area contributed by atoms with Crippen molar-refractivity contribution in [1.82, 2.24) is 30.8 Å². The predicted octanol–water partition coefficient (Wildman–Crippen LogP) is 1.27. The fraction of sp³-hybridized carbons (Fsp3) is 0.188. The lowest BCUT2D eigenvalue weighted by Crippen LogP contribution is -2.40. The molecule has 0 spiro atoms. The van der Waals surface area contributed by atoms with Gasteiger partial charge in [-0.1, -0.05) is 29.8 Å². The number of furan rings is 1. The monoisotopic (exact) mass is 340 g/mol.